The molecule has 0 radical (unpaired) electrons. The van der Waals surface area contributed by atoms with Gasteiger partial charge in [-0.15, -0.1) is 0 Å². The van der Waals surface area contributed by atoms with Gasteiger partial charge in [-0.1, -0.05) is 68.7 Å². The van der Waals surface area contributed by atoms with Crippen molar-refractivity contribution in [3.63, 3.8) is 0 Å². The van der Waals surface area contributed by atoms with Crippen LogP contribution in [-0.4, -0.2) is 22.2 Å². The molecule has 2 aromatic carbocycles. The van der Waals surface area contributed by atoms with E-state index in [0.29, 0.717) is 12.1 Å². The summed E-state index contributed by atoms with van der Waals surface area (Å²) in [6, 6.07) is 18.3. The number of benzene rings is 2. The van der Waals surface area contributed by atoms with Crippen molar-refractivity contribution < 1.29 is 4.79 Å². The molecule has 2 aliphatic rings. The van der Waals surface area contributed by atoms with E-state index in [1.165, 1.54) is 5.56 Å². The topological polar surface area (TPSA) is 56.5 Å². The number of hydrogen-bond acceptors (Lipinski definition) is 3. The van der Waals surface area contributed by atoms with Crippen LogP contribution < -0.4 is 0 Å². The predicted molar refractivity (Wildman–Crippen MR) is 115 cm³/mol. The minimum atomic E-state index is -0.408. The van der Waals surface area contributed by atoms with Crippen LogP contribution in [0, 0.1) is 11.3 Å². The Bertz CT molecular complexity index is 962. The number of hydrogen-bond donors (Lipinski definition) is 0. The summed E-state index contributed by atoms with van der Waals surface area (Å²) in [6.45, 7) is 2.89. The van der Waals surface area contributed by atoms with Gasteiger partial charge in [-0.05, 0) is 42.0 Å². The lowest BCUT2D eigenvalue weighted by molar-refractivity contribution is -0.125. The Morgan fingerprint density at radius 3 is 2.52 bits per heavy atom. The summed E-state index contributed by atoms with van der Waals surface area (Å²) in [5, 5.41) is 9.36. The van der Waals surface area contributed by atoms with Crippen LogP contribution in [0.5, 0.6) is 0 Å². The molecule has 0 atom stereocenters. The summed E-state index contributed by atoms with van der Waals surface area (Å²) in [6.07, 6.45) is 7.06. The molecule has 29 heavy (non-hydrogen) atoms. The SMILES string of the molecule is CCCCC1=NC(=O)C2(CCCC2)N1Cc1ccc(-c2ccccc2C#N)cc1. The normalized spacial score (nSPS) is 17.6. The fourth-order valence-electron chi connectivity index (χ4n) is 4.66. The Morgan fingerprint density at radius 2 is 1.83 bits per heavy atom. The lowest BCUT2D eigenvalue weighted by atomic mass is 9.94. The van der Waals surface area contributed by atoms with Gasteiger partial charge in [0.2, 0.25) is 0 Å². The Morgan fingerprint density at radius 1 is 1.10 bits per heavy atom. The first kappa shape index (κ1) is 19.4. The monoisotopic (exact) mass is 385 g/mol. The van der Waals surface area contributed by atoms with Gasteiger partial charge in [0.1, 0.15) is 11.4 Å². The zero-order chi connectivity index (χ0) is 20.3. The van der Waals surface area contributed by atoms with Crippen molar-refractivity contribution in [2.45, 2.75) is 64.0 Å². The highest BCUT2D eigenvalue weighted by Gasteiger charge is 2.51. The lowest BCUT2D eigenvalue weighted by Gasteiger charge is -2.35. The van der Waals surface area contributed by atoms with Crippen molar-refractivity contribution >= 4 is 11.7 Å². The minimum Gasteiger partial charge on any atom is -0.341 e. The number of amidine groups is 1. The average molecular weight is 386 g/mol. The van der Waals surface area contributed by atoms with Crippen LogP contribution in [0.2, 0.25) is 0 Å². The van der Waals surface area contributed by atoms with E-state index in [2.05, 4.69) is 47.2 Å². The van der Waals surface area contributed by atoms with Gasteiger partial charge in [0.15, 0.2) is 0 Å². The van der Waals surface area contributed by atoms with E-state index < -0.39 is 5.54 Å². The summed E-state index contributed by atoms with van der Waals surface area (Å²) in [7, 11) is 0. The third kappa shape index (κ3) is 3.58. The zero-order valence-corrected chi connectivity index (χ0v) is 17.0. The maximum atomic E-state index is 12.8. The quantitative estimate of drug-likeness (QED) is 0.662. The van der Waals surface area contributed by atoms with Crippen LogP contribution in [0.4, 0.5) is 0 Å². The number of aliphatic imine (C=N–C) groups is 1. The molecule has 0 saturated heterocycles. The van der Waals surface area contributed by atoms with Crippen LogP contribution in [0.1, 0.15) is 63.0 Å². The number of nitriles is 1. The first-order valence-electron chi connectivity index (χ1n) is 10.7. The molecular weight excluding hydrogens is 358 g/mol. The predicted octanol–water partition coefficient (Wildman–Crippen LogP) is 5.47. The van der Waals surface area contributed by atoms with E-state index in [9.17, 15) is 10.1 Å². The molecule has 1 saturated carbocycles. The second-order valence-corrected chi connectivity index (χ2v) is 8.12. The van der Waals surface area contributed by atoms with Crippen LogP contribution >= 0.6 is 0 Å². The molecule has 0 bridgehead atoms. The van der Waals surface area contributed by atoms with Gasteiger partial charge >= 0.3 is 0 Å². The number of carbonyl (C=O) groups is 1. The van der Waals surface area contributed by atoms with E-state index in [1.54, 1.807) is 0 Å². The van der Waals surface area contributed by atoms with Crippen molar-refractivity contribution in [2.24, 2.45) is 4.99 Å². The zero-order valence-electron chi connectivity index (χ0n) is 17.0. The highest BCUT2D eigenvalue weighted by molar-refractivity contribution is 6.06. The van der Waals surface area contributed by atoms with Crippen molar-refractivity contribution in [3.8, 4) is 17.2 Å². The Hall–Kier alpha value is -2.93. The van der Waals surface area contributed by atoms with Gasteiger partial charge in [-0.3, -0.25) is 4.79 Å². The molecule has 1 fully saturated rings. The third-order valence-corrected chi connectivity index (χ3v) is 6.29. The fourth-order valence-corrected chi connectivity index (χ4v) is 4.66. The molecule has 4 rings (SSSR count). The molecule has 1 heterocycles. The molecule has 0 N–H and O–H groups in total. The number of nitrogens with zero attached hydrogens (tertiary/aromatic N) is 3. The van der Waals surface area contributed by atoms with E-state index in [1.807, 2.05) is 24.3 Å². The number of carbonyl (C=O) groups excluding carboxylic acids is 1. The maximum Gasteiger partial charge on any atom is 0.273 e. The third-order valence-electron chi connectivity index (χ3n) is 6.29. The van der Waals surface area contributed by atoms with Crippen LogP contribution in [0.15, 0.2) is 53.5 Å². The highest BCUT2D eigenvalue weighted by Crippen LogP contribution is 2.41. The second-order valence-electron chi connectivity index (χ2n) is 8.12. The molecule has 0 unspecified atom stereocenters. The fraction of sp³-hybridized carbons (Fsp3) is 0.400. The van der Waals surface area contributed by atoms with Crippen LogP contribution in [0.3, 0.4) is 0 Å². The van der Waals surface area contributed by atoms with Crippen molar-refractivity contribution in [1.29, 1.82) is 5.26 Å². The summed E-state index contributed by atoms with van der Waals surface area (Å²) in [5.74, 6) is 1.04. The first-order valence-corrected chi connectivity index (χ1v) is 10.7. The molecule has 148 valence electrons. The number of amides is 1. The van der Waals surface area contributed by atoms with Gasteiger partial charge in [-0.2, -0.15) is 10.3 Å². The largest absolute Gasteiger partial charge is 0.341 e. The van der Waals surface area contributed by atoms with E-state index >= 15 is 0 Å². The molecule has 0 aromatic heterocycles. The number of unbranched alkanes of at least 4 members (excludes halogenated alkanes) is 1. The maximum absolute atomic E-state index is 12.8. The smallest absolute Gasteiger partial charge is 0.273 e. The molecular formula is C25H27N3O. The summed E-state index contributed by atoms with van der Waals surface area (Å²) >= 11 is 0. The molecule has 1 amide bonds. The summed E-state index contributed by atoms with van der Waals surface area (Å²) in [4.78, 5) is 19.6. The van der Waals surface area contributed by atoms with Gasteiger partial charge < -0.3 is 4.90 Å². The van der Waals surface area contributed by atoms with Crippen molar-refractivity contribution in [3.05, 3.63) is 59.7 Å². The van der Waals surface area contributed by atoms with Crippen molar-refractivity contribution in [2.75, 3.05) is 0 Å². The molecule has 1 aliphatic carbocycles. The van der Waals surface area contributed by atoms with Crippen molar-refractivity contribution in [1.82, 2.24) is 4.90 Å². The average Bonchev–Trinajstić information content (AvgIpc) is 3.35. The standard InChI is InChI=1S/C25H27N3O/c1-2-3-10-23-27-24(29)25(15-6-7-16-25)28(23)18-19-11-13-20(14-12-19)22-9-5-4-8-21(22)17-26/h4-5,8-9,11-14H,2-3,6-7,10,15-16,18H2,1H3. The minimum absolute atomic E-state index is 0.0701. The van der Waals surface area contributed by atoms with E-state index in [0.717, 1.165) is 61.9 Å². The van der Waals surface area contributed by atoms with E-state index in [4.69, 9.17) is 0 Å². The van der Waals surface area contributed by atoms with Gasteiger partial charge in [0, 0.05) is 13.0 Å². The van der Waals surface area contributed by atoms with Gasteiger partial charge in [0.25, 0.3) is 5.91 Å². The Balaban J connectivity index is 1.59. The summed E-state index contributed by atoms with van der Waals surface area (Å²) < 4.78 is 0. The molecule has 1 spiro atoms. The first-order chi connectivity index (χ1) is 14.2. The van der Waals surface area contributed by atoms with Gasteiger partial charge in [0.05, 0.1) is 11.6 Å². The molecule has 2 aromatic rings. The molecule has 4 heteroatoms. The Kier molecular flexibility index (Phi) is 5.49. The van der Waals surface area contributed by atoms with Crippen LogP contribution in [0.25, 0.3) is 11.1 Å². The second kappa shape index (κ2) is 8.21. The highest BCUT2D eigenvalue weighted by atomic mass is 16.2. The number of rotatable bonds is 6. The van der Waals surface area contributed by atoms with E-state index in [-0.39, 0.29) is 5.91 Å². The van der Waals surface area contributed by atoms with Gasteiger partial charge in [-0.25, -0.2) is 0 Å². The molecule has 1 aliphatic heterocycles. The molecule has 4 nitrogen and oxygen atoms in total. The summed E-state index contributed by atoms with van der Waals surface area (Å²) in [5.41, 5.74) is 3.45. The van der Waals surface area contributed by atoms with Crippen LogP contribution in [-0.2, 0) is 11.3 Å². The Labute approximate surface area is 172 Å². The lowest BCUT2D eigenvalue weighted by Crippen LogP contribution is -2.49.